The van der Waals surface area contributed by atoms with E-state index in [0.717, 1.165) is 5.56 Å². The zero-order valence-corrected chi connectivity index (χ0v) is 9.78. The molecule has 0 saturated heterocycles. The molecule has 1 aromatic carbocycles. The molecule has 1 unspecified atom stereocenters. The van der Waals surface area contributed by atoms with Gasteiger partial charge in [0, 0.05) is 5.57 Å². The van der Waals surface area contributed by atoms with Crippen LogP contribution in [0, 0.1) is 0 Å². The molecule has 0 bridgehead atoms. The number of alkyl halides is 1. The third-order valence-corrected chi connectivity index (χ3v) is 2.44. The van der Waals surface area contributed by atoms with Crippen molar-refractivity contribution in [2.45, 2.75) is 12.7 Å². The second-order valence-electron chi connectivity index (χ2n) is 3.35. The van der Waals surface area contributed by atoms with Crippen LogP contribution in [0.3, 0.4) is 0 Å². The lowest BCUT2D eigenvalue weighted by atomic mass is 10.2. The molecular formula is C13H15ClO2. The Morgan fingerprint density at radius 2 is 2.12 bits per heavy atom. The van der Waals surface area contributed by atoms with Crippen molar-refractivity contribution in [3.05, 3.63) is 53.8 Å². The van der Waals surface area contributed by atoms with Gasteiger partial charge in [-0.05, 0) is 5.56 Å². The molecule has 1 N–H and O–H groups in total. The fourth-order valence-electron chi connectivity index (χ4n) is 1.21. The van der Waals surface area contributed by atoms with Crippen molar-refractivity contribution < 1.29 is 9.84 Å². The second kappa shape index (κ2) is 7.26. The fraction of sp³-hybridized carbons (Fsp3) is 0.308. The maximum atomic E-state index is 9.46. The van der Waals surface area contributed by atoms with Crippen LogP contribution in [-0.4, -0.2) is 23.7 Å². The molecule has 0 aliphatic carbocycles. The number of hydrogen-bond acceptors (Lipinski definition) is 2. The molecule has 86 valence electrons. The first-order valence-corrected chi connectivity index (χ1v) is 5.56. The molecule has 3 heteroatoms. The lowest BCUT2D eigenvalue weighted by molar-refractivity contribution is 0.121. The summed E-state index contributed by atoms with van der Waals surface area (Å²) in [5.41, 5.74) is 4.32. The molecule has 1 rings (SSSR count). The number of aliphatic hydroxyl groups is 1. The Hall–Kier alpha value is -1.05. The summed E-state index contributed by atoms with van der Waals surface area (Å²) in [6.07, 6.45) is -0.727. The van der Waals surface area contributed by atoms with Gasteiger partial charge in [0.15, 0.2) is 0 Å². The molecule has 0 amide bonds. The highest BCUT2D eigenvalue weighted by molar-refractivity contribution is 6.18. The molecule has 2 nitrogen and oxygen atoms in total. The van der Waals surface area contributed by atoms with Gasteiger partial charge in [0.1, 0.15) is 0 Å². The van der Waals surface area contributed by atoms with Gasteiger partial charge >= 0.3 is 0 Å². The van der Waals surface area contributed by atoms with Crippen molar-refractivity contribution in [2.75, 3.05) is 12.5 Å². The van der Waals surface area contributed by atoms with Gasteiger partial charge < -0.3 is 9.84 Å². The van der Waals surface area contributed by atoms with E-state index in [-0.39, 0.29) is 5.88 Å². The zero-order chi connectivity index (χ0) is 11.8. The molecule has 0 saturated carbocycles. The molecule has 16 heavy (non-hydrogen) atoms. The van der Waals surface area contributed by atoms with Crippen molar-refractivity contribution >= 4 is 11.6 Å². The maximum absolute atomic E-state index is 9.46. The number of hydrogen-bond donors (Lipinski definition) is 1. The van der Waals surface area contributed by atoms with E-state index in [1.807, 2.05) is 30.3 Å². The third-order valence-electron chi connectivity index (χ3n) is 2.14. The Kier molecular flexibility index (Phi) is 5.91. The quantitative estimate of drug-likeness (QED) is 0.610. The van der Waals surface area contributed by atoms with Crippen molar-refractivity contribution in [3.63, 3.8) is 0 Å². The standard InChI is InChI=1S/C13H15ClO2/c1-2-12(13(15)8-14)10-16-9-11-6-4-3-5-7-11/h3-7,13,15H,1,8-10H2. The maximum Gasteiger partial charge on any atom is 0.0981 e. The fourth-order valence-corrected chi connectivity index (χ4v) is 1.40. The van der Waals surface area contributed by atoms with Gasteiger partial charge in [-0.3, -0.25) is 0 Å². The molecule has 0 fully saturated rings. The first-order valence-electron chi connectivity index (χ1n) is 5.02. The Morgan fingerprint density at radius 1 is 1.44 bits per heavy atom. The number of aliphatic hydroxyl groups excluding tert-OH is 1. The van der Waals surface area contributed by atoms with Crippen molar-refractivity contribution in [1.82, 2.24) is 0 Å². The lowest BCUT2D eigenvalue weighted by Gasteiger charge is -2.10. The summed E-state index contributed by atoms with van der Waals surface area (Å²) in [5, 5.41) is 9.46. The summed E-state index contributed by atoms with van der Waals surface area (Å²) >= 11 is 5.53. The van der Waals surface area contributed by atoms with Crippen molar-refractivity contribution in [3.8, 4) is 0 Å². The summed E-state index contributed by atoms with van der Waals surface area (Å²) < 4.78 is 5.44. The highest BCUT2D eigenvalue weighted by Crippen LogP contribution is 2.06. The molecular weight excluding hydrogens is 224 g/mol. The van der Waals surface area contributed by atoms with Crippen LogP contribution in [0.25, 0.3) is 0 Å². The van der Waals surface area contributed by atoms with Crippen LogP contribution in [0.4, 0.5) is 0 Å². The van der Waals surface area contributed by atoms with E-state index in [2.05, 4.69) is 12.3 Å². The minimum atomic E-state index is -0.727. The number of halogens is 1. The van der Waals surface area contributed by atoms with Gasteiger partial charge in [-0.25, -0.2) is 0 Å². The molecule has 0 radical (unpaired) electrons. The molecule has 0 heterocycles. The normalized spacial score (nSPS) is 11.9. The van der Waals surface area contributed by atoms with Gasteiger partial charge in [0.2, 0.25) is 0 Å². The Bertz CT molecular complexity index is 355. The van der Waals surface area contributed by atoms with Crippen LogP contribution in [0.5, 0.6) is 0 Å². The van der Waals surface area contributed by atoms with Gasteiger partial charge in [-0.2, -0.15) is 0 Å². The molecule has 0 spiro atoms. The van der Waals surface area contributed by atoms with Crippen molar-refractivity contribution in [1.29, 1.82) is 0 Å². The highest BCUT2D eigenvalue weighted by Gasteiger charge is 2.08. The third kappa shape index (κ3) is 4.21. The van der Waals surface area contributed by atoms with E-state index in [4.69, 9.17) is 16.3 Å². The van der Waals surface area contributed by atoms with Crippen molar-refractivity contribution in [2.24, 2.45) is 0 Å². The van der Waals surface area contributed by atoms with Crippen LogP contribution < -0.4 is 0 Å². The zero-order valence-electron chi connectivity index (χ0n) is 9.03. The number of ether oxygens (including phenoxy) is 1. The van der Waals surface area contributed by atoms with Crippen LogP contribution in [0.2, 0.25) is 0 Å². The molecule has 1 aromatic rings. The van der Waals surface area contributed by atoms with Crippen LogP contribution >= 0.6 is 11.6 Å². The van der Waals surface area contributed by atoms with E-state index in [9.17, 15) is 5.11 Å². The van der Waals surface area contributed by atoms with Gasteiger partial charge in [-0.15, -0.1) is 17.3 Å². The predicted octanol–water partition coefficient (Wildman–Crippen LogP) is 2.51. The molecule has 1 atom stereocenters. The second-order valence-corrected chi connectivity index (χ2v) is 3.66. The van der Waals surface area contributed by atoms with Crippen LogP contribution in [-0.2, 0) is 11.3 Å². The van der Waals surface area contributed by atoms with E-state index in [1.54, 1.807) is 0 Å². The van der Waals surface area contributed by atoms with Gasteiger partial charge in [0.05, 0.1) is 25.2 Å². The monoisotopic (exact) mass is 238 g/mol. The first-order chi connectivity index (χ1) is 7.77. The molecule has 0 aliphatic heterocycles. The first kappa shape index (κ1) is 13.0. The largest absolute Gasteiger partial charge is 0.387 e. The predicted molar refractivity (Wildman–Crippen MR) is 65.5 cm³/mol. The summed E-state index contributed by atoms with van der Waals surface area (Å²) in [6, 6.07) is 9.83. The van der Waals surface area contributed by atoms with E-state index in [0.29, 0.717) is 18.8 Å². The molecule has 0 aliphatic rings. The minimum Gasteiger partial charge on any atom is -0.387 e. The minimum absolute atomic E-state index is 0.131. The summed E-state index contributed by atoms with van der Waals surface area (Å²) in [7, 11) is 0. The van der Waals surface area contributed by atoms with E-state index >= 15 is 0 Å². The van der Waals surface area contributed by atoms with Crippen LogP contribution in [0.1, 0.15) is 5.56 Å². The summed E-state index contributed by atoms with van der Waals surface area (Å²) in [4.78, 5) is 0. The topological polar surface area (TPSA) is 29.5 Å². The van der Waals surface area contributed by atoms with E-state index in [1.165, 1.54) is 0 Å². The average Bonchev–Trinajstić information content (AvgIpc) is 2.35. The summed E-state index contributed by atoms with van der Waals surface area (Å²) in [5.74, 6) is 0.131. The number of rotatable bonds is 6. The van der Waals surface area contributed by atoms with Gasteiger partial charge in [-0.1, -0.05) is 36.9 Å². The highest BCUT2D eigenvalue weighted by atomic mass is 35.5. The Morgan fingerprint density at radius 3 is 2.69 bits per heavy atom. The van der Waals surface area contributed by atoms with Gasteiger partial charge in [0.25, 0.3) is 0 Å². The Labute approximate surface area is 101 Å². The SMILES string of the molecule is C=C=C(COCc1ccccc1)C(O)CCl. The Balaban J connectivity index is 2.38. The summed E-state index contributed by atoms with van der Waals surface area (Å²) in [6.45, 7) is 4.29. The smallest absolute Gasteiger partial charge is 0.0981 e. The van der Waals surface area contributed by atoms with Crippen LogP contribution in [0.15, 0.2) is 48.2 Å². The average molecular weight is 239 g/mol. The lowest BCUT2D eigenvalue weighted by Crippen LogP contribution is -2.15. The molecule has 0 aromatic heterocycles. The number of benzene rings is 1. The van der Waals surface area contributed by atoms with E-state index < -0.39 is 6.10 Å².